The van der Waals surface area contributed by atoms with Crippen LogP contribution in [0.4, 0.5) is 5.69 Å². The number of benzene rings is 1. The Labute approximate surface area is 291 Å². The Hall–Kier alpha value is -1.64. The van der Waals surface area contributed by atoms with Crippen LogP contribution < -0.4 is 56.7 Å². The molecule has 0 saturated carbocycles. The number of allylic oxidation sites excluding steroid dienone is 6. The van der Waals surface area contributed by atoms with Crippen LogP contribution >= 0.6 is 0 Å². The Bertz CT molecular complexity index is 1450. The Morgan fingerprint density at radius 1 is 1.05 bits per heavy atom. The minimum absolute atomic E-state index is 0. The first-order valence-corrected chi connectivity index (χ1v) is 16.4. The average Bonchev–Trinajstić information content (AvgIpc) is 3.11. The zero-order valence-corrected chi connectivity index (χ0v) is 28.6. The van der Waals surface area contributed by atoms with Crippen LogP contribution in [0.3, 0.4) is 0 Å². The van der Waals surface area contributed by atoms with Crippen molar-refractivity contribution in [2.75, 3.05) is 17.6 Å². The number of carboxylic acid groups (broad SMARTS) is 1. The number of nitrogens with zero attached hydrogens (tertiary/aromatic N) is 1. The molecule has 1 aromatic carbocycles. The van der Waals surface area contributed by atoms with Crippen molar-refractivity contribution in [3.8, 4) is 0 Å². The number of unbranched alkanes of at least 4 members (excludes halogenated alkanes) is 3. The van der Waals surface area contributed by atoms with Crippen molar-refractivity contribution in [3.63, 3.8) is 0 Å². The van der Waals surface area contributed by atoms with E-state index in [2.05, 4.69) is 11.4 Å². The first-order valence-electron chi connectivity index (χ1n) is 13.4. The Balaban J connectivity index is 0.00000616. The maximum atomic E-state index is 13.4. The third kappa shape index (κ3) is 8.94. The normalized spacial score (nSPS) is 21.9. The fourth-order valence-electron chi connectivity index (χ4n) is 5.54. The number of nitrogens with one attached hydrogen (secondary N) is 1. The molecule has 2 aliphatic rings. The van der Waals surface area contributed by atoms with E-state index in [1.54, 1.807) is 37.4 Å². The van der Waals surface area contributed by atoms with Gasteiger partial charge in [0.15, 0.2) is 10.6 Å². The van der Waals surface area contributed by atoms with Gasteiger partial charge in [0.2, 0.25) is 0 Å². The summed E-state index contributed by atoms with van der Waals surface area (Å²) in [6.45, 7) is 1.73. The molecule has 1 aliphatic heterocycles. The average molecular weight is 643 g/mol. The molecule has 3 rings (SSSR count). The van der Waals surface area contributed by atoms with Gasteiger partial charge in [-0.15, -0.1) is 0 Å². The van der Waals surface area contributed by atoms with E-state index >= 15 is 0 Å². The van der Waals surface area contributed by atoms with E-state index in [1.807, 2.05) is 30.3 Å². The van der Waals surface area contributed by atoms with Crippen molar-refractivity contribution in [2.45, 2.75) is 56.7 Å². The van der Waals surface area contributed by atoms with Gasteiger partial charge in [-0.1, -0.05) is 37.1 Å². The molecule has 222 valence electrons. The first kappa shape index (κ1) is 36.5. The summed E-state index contributed by atoms with van der Waals surface area (Å²) in [5.41, 5.74) is 0.682. The maximum absolute atomic E-state index is 13.4. The van der Waals surface area contributed by atoms with Gasteiger partial charge in [0.1, 0.15) is 22.3 Å². The zero-order valence-electron chi connectivity index (χ0n) is 23.9. The van der Waals surface area contributed by atoms with Crippen molar-refractivity contribution < 1.29 is 87.2 Å². The second kappa shape index (κ2) is 15.9. The van der Waals surface area contributed by atoms with Crippen LogP contribution in [0.5, 0.6) is 0 Å². The fraction of sp³-hybridized carbons (Fsp3) is 0.414. The molecule has 0 aromatic heterocycles. The molecular weight excluding hydrogens is 608 g/mol. The summed E-state index contributed by atoms with van der Waals surface area (Å²) in [7, 11) is -9.56. The predicted octanol–water partition coefficient (Wildman–Crippen LogP) is 1.28. The van der Waals surface area contributed by atoms with Crippen LogP contribution in [0.25, 0.3) is 0 Å². The van der Waals surface area contributed by atoms with Gasteiger partial charge in [-0.05, 0) is 56.9 Å². The van der Waals surface area contributed by atoms with Crippen LogP contribution in [0, 0.1) is 11.5 Å². The number of anilines is 1. The molecular formula is C29H35KN2O8S2. The van der Waals surface area contributed by atoms with Crippen LogP contribution in [-0.4, -0.2) is 59.1 Å². The largest absolute Gasteiger partial charge is 1.00 e. The standard InChI is InChI=1S/C29H36N2O8S2.K/c1-28(19-9-3-6-18-27(32)33)25-16-7-8-17-26(25)31(22-12-13-23-40(34,35)36)29(28,41(37,38)39)20-10-11-21-30-24-14-4-2-5-15-24;/h2,4-5,8,10-11,14-17,20-21,30H,3,6,9,12-13,18-19,22-23H2,1H3,(H2-,32,33,34,35,36,37,38,39);/q;+1/p-1. The van der Waals surface area contributed by atoms with Crippen LogP contribution in [0.2, 0.25) is 0 Å². The second-order valence-electron chi connectivity index (χ2n) is 10.2. The van der Waals surface area contributed by atoms with Gasteiger partial charge in [0, 0.05) is 36.7 Å². The van der Waals surface area contributed by atoms with Crippen molar-refractivity contribution in [1.29, 1.82) is 0 Å². The smallest absolute Gasteiger partial charge is 0.748 e. The molecule has 10 nitrogen and oxygen atoms in total. The van der Waals surface area contributed by atoms with Crippen molar-refractivity contribution in [1.82, 2.24) is 4.90 Å². The number of para-hydroxylation sites is 1. The molecule has 2 unspecified atom stereocenters. The van der Waals surface area contributed by atoms with Gasteiger partial charge in [-0.25, -0.2) is 16.8 Å². The fourth-order valence-corrected chi connectivity index (χ4v) is 7.56. The van der Waals surface area contributed by atoms with Crippen LogP contribution in [0.15, 0.2) is 84.3 Å². The summed E-state index contributed by atoms with van der Waals surface area (Å²) in [6, 6.07) is 9.29. The number of carbonyl (C=O) groups is 1. The van der Waals surface area contributed by atoms with Gasteiger partial charge >= 0.3 is 57.4 Å². The molecule has 0 fully saturated rings. The quantitative estimate of drug-likeness (QED) is 0.0882. The molecule has 0 spiro atoms. The van der Waals surface area contributed by atoms with E-state index in [0.29, 0.717) is 30.5 Å². The third-order valence-corrected chi connectivity index (χ3v) is 9.80. The number of hydrogen-bond donors (Lipinski definition) is 2. The Kier molecular flexibility index (Phi) is 13.8. The molecule has 1 aliphatic carbocycles. The minimum atomic E-state index is -5.10. The minimum Gasteiger partial charge on any atom is -0.748 e. The number of aliphatic carboxylic acids is 1. The van der Waals surface area contributed by atoms with Gasteiger partial charge in [0.05, 0.1) is 27.2 Å². The summed E-state index contributed by atoms with van der Waals surface area (Å²) in [4.78, 5) is 10.4. The van der Waals surface area contributed by atoms with E-state index in [1.165, 1.54) is 17.1 Å². The second-order valence-corrected chi connectivity index (χ2v) is 13.3. The van der Waals surface area contributed by atoms with Gasteiger partial charge < -0.3 is 24.4 Å². The van der Waals surface area contributed by atoms with Crippen molar-refractivity contribution >= 4 is 31.9 Å². The molecule has 13 heteroatoms. The Morgan fingerprint density at radius 3 is 2.40 bits per heavy atom. The molecule has 1 aromatic rings. The summed E-state index contributed by atoms with van der Waals surface area (Å²) < 4.78 is 73.6. The summed E-state index contributed by atoms with van der Waals surface area (Å²) >= 11 is 0. The van der Waals surface area contributed by atoms with Crippen molar-refractivity contribution in [2.24, 2.45) is 5.41 Å². The third-order valence-electron chi connectivity index (χ3n) is 7.45. The predicted molar refractivity (Wildman–Crippen MR) is 154 cm³/mol. The van der Waals surface area contributed by atoms with E-state index in [4.69, 9.17) is 5.11 Å². The number of carboxylic acids is 1. The molecule has 0 bridgehead atoms. The maximum Gasteiger partial charge on any atom is 1.00 e. The Morgan fingerprint density at radius 2 is 1.76 bits per heavy atom. The van der Waals surface area contributed by atoms with E-state index in [0.717, 1.165) is 5.69 Å². The van der Waals surface area contributed by atoms with E-state index in [-0.39, 0.29) is 83.6 Å². The van der Waals surface area contributed by atoms with Gasteiger partial charge in [0.25, 0.3) is 0 Å². The van der Waals surface area contributed by atoms with Gasteiger partial charge in [-0.3, -0.25) is 4.79 Å². The number of hydrogen-bond acceptors (Lipinski definition) is 9. The monoisotopic (exact) mass is 642 g/mol. The topological polar surface area (TPSA) is 167 Å². The first-order chi connectivity index (χ1) is 19.3. The summed E-state index contributed by atoms with van der Waals surface area (Å²) in [5, 5.41) is 12.1. The number of rotatable bonds is 16. The van der Waals surface area contributed by atoms with Crippen molar-refractivity contribution in [3.05, 3.63) is 90.3 Å². The summed E-state index contributed by atoms with van der Waals surface area (Å²) in [6.07, 6.45) is 15.8. The molecule has 0 saturated heterocycles. The molecule has 2 atom stereocenters. The molecule has 42 heavy (non-hydrogen) atoms. The molecule has 0 amide bonds. The molecule has 1 heterocycles. The van der Waals surface area contributed by atoms with E-state index < -0.39 is 42.2 Å². The van der Waals surface area contributed by atoms with Gasteiger partial charge in [-0.2, -0.15) is 0 Å². The SMILES string of the molecule is CC1(CCCCCC(=O)O)C2=C(C=C[C+]=C2)N(CCCCS(=O)(=O)[O-])C1(C=CC=CNc1ccccc1)S(=O)(=O)[O-].[K+]. The zero-order chi connectivity index (χ0) is 30.2. The van der Waals surface area contributed by atoms with E-state index in [9.17, 15) is 30.7 Å². The van der Waals surface area contributed by atoms with Crippen LogP contribution in [0.1, 0.15) is 51.9 Å². The molecule has 0 radical (unpaired) electrons. The molecule has 2 N–H and O–H groups in total. The van der Waals surface area contributed by atoms with Crippen LogP contribution in [-0.2, 0) is 25.0 Å². The summed E-state index contributed by atoms with van der Waals surface area (Å²) in [5.74, 6) is -1.52.